The maximum Gasteiger partial charge on any atom is 0.416 e. The van der Waals surface area contributed by atoms with Gasteiger partial charge < -0.3 is 0 Å². The lowest BCUT2D eigenvalue weighted by atomic mass is 9.97. The van der Waals surface area contributed by atoms with Crippen LogP contribution in [-0.2, 0) is 6.18 Å². The first-order chi connectivity index (χ1) is 7.23. The van der Waals surface area contributed by atoms with Crippen LogP contribution in [0.2, 0.25) is 0 Å². The molecule has 0 saturated heterocycles. The molecule has 0 spiro atoms. The van der Waals surface area contributed by atoms with E-state index in [4.69, 9.17) is 0 Å². The first kappa shape index (κ1) is 12.9. The summed E-state index contributed by atoms with van der Waals surface area (Å²) < 4.78 is 62.2. The van der Waals surface area contributed by atoms with E-state index in [1.807, 2.05) is 0 Å². The summed E-state index contributed by atoms with van der Waals surface area (Å²) in [6.45, 7) is 3.47. The van der Waals surface area contributed by atoms with Gasteiger partial charge in [0.2, 0.25) is 0 Å². The van der Waals surface area contributed by atoms with Crippen LogP contribution in [0.5, 0.6) is 0 Å². The highest BCUT2D eigenvalue weighted by Crippen LogP contribution is 2.37. The number of benzene rings is 1. The Kier molecular flexibility index (Phi) is 3.55. The number of hydrogen-bond donors (Lipinski definition) is 0. The average Bonchev–Trinajstić information content (AvgIpc) is 2.15. The molecular formula is C11H11F5. The molecule has 0 radical (unpaired) electrons. The SMILES string of the molecule is CC(C)c1ccc(C(F)(F)F)c(C(F)F)c1. The van der Waals surface area contributed by atoms with Crippen molar-refractivity contribution in [1.29, 1.82) is 0 Å². The summed E-state index contributed by atoms with van der Waals surface area (Å²) in [6, 6.07) is 2.88. The smallest absolute Gasteiger partial charge is 0.205 e. The third-order valence-electron chi connectivity index (χ3n) is 2.28. The minimum absolute atomic E-state index is 0.0835. The van der Waals surface area contributed by atoms with E-state index >= 15 is 0 Å². The van der Waals surface area contributed by atoms with Crippen LogP contribution in [0.4, 0.5) is 22.0 Å². The van der Waals surface area contributed by atoms with E-state index in [0.717, 1.165) is 12.1 Å². The van der Waals surface area contributed by atoms with Crippen molar-refractivity contribution in [1.82, 2.24) is 0 Å². The van der Waals surface area contributed by atoms with E-state index in [9.17, 15) is 22.0 Å². The van der Waals surface area contributed by atoms with Crippen LogP contribution in [-0.4, -0.2) is 0 Å². The van der Waals surface area contributed by atoms with Crippen molar-refractivity contribution in [2.45, 2.75) is 32.4 Å². The van der Waals surface area contributed by atoms with Gasteiger partial charge in [0.25, 0.3) is 6.43 Å². The molecule has 1 aromatic carbocycles. The molecule has 0 N–H and O–H groups in total. The fraction of sp³-hybridized carbons (Fsp3) is 0.455. The van der Waals surface area contributed by atoms with E-state index in [2.05, 4.69) is 0 Å². The van der Waals surface area contributed by atoms with Crippen molar-refractivity contribution in [3.63, 3.8) is 0 Å². The lowest BCUT2D eigenvalue weighted by Crippen LogP contribution is -2.10. The van der Waals surface area contributed by atoms with Gasteiger partial charge in [0, 0.05) is 5.56 Å². The summed E-state index contributed by atoms with van der Waals surface area (Å²) in [6.07, 6.45) is -7.85. The Bertz CT molecular complexity index is 365. The van der Waals surface area contributed by atoms with E-state index in [-0.39, 0.29) is 5.92 Å². The van der Waals surface area contributed by atoms with Crippen LogP contribution in [0, 0.1) is 0 Å². The second-order valence-electron chi connectivity index (χ2n) is 3.80. The fourth-order valence-electron chi connectivity index (χ4n) is 1.38. The molecule has 16 heavy (non-hydrogen) atoms. The number of halogens is 5. The predicted molar refractivity (Wildman–Crippen MR) is 50.5 cm³/mol. The molecule has 0 unspecified atom stereocenters. The summed E-state index contributed by atoms with van der Waals surface area (Å²) in [4.78, 5) is 0. The maximum absolute atomic E-state index is 12.5. The number of alkyl halides is 5. The van der Waals surface area contributed by atoms with Gasteiger partial charge in [-0.2, -0.15) is 13.2 Å². The topological polar surface area (TPSA) is 0 Å². The molecule has 0 nitrogen and oxygen atoms in total. The van der Waals surface area contributed by atoms with Crippen LogP contribution in [0.1, 0.15) is 42.9 Å². The van der Waals surface area contributed by atoms with E-state index in [0.29, 0.717) is 5.56 Å². The number of hydrogen-bond acceptors (Lipinski definition) is 0. The van der Waals surface area contributed by atoms with Gasteiger partial charge in [-0.15, -0.1) is 0 Å². The van der Waals surface area contributed by atoms with Gasteiger partial charge in [-0.25, -0.2) is 8.78 Å². The molecule has 5 heteroatoms. The average molecular weight is 238 g/mol. The summed E-state index contributed by atoms with van der Waals surface area (Å²) >= 11 is 0. The highest BCUT2D eigenvalue weighted by molar-refractivity contribution is 5.36. The molecule has 0 atom stereocenters. The van der Waals surface area contributed by atoms with Gasteiger partial charge in [0.1, 0.15) is 0 Å². The molecule has 0 aliphatic heterocycles. The second-order valence-corrected chi connectivity index (χ2v) is 3.80. The van der Waals surface area contributed by atoms with Crippen LogP contribution in [0.15, 0.2) is 18.2 Å². The molecule has 0 aliphatic rings. The zero-order chi connectivity index (χ0) is 12.5. The molecule has 90 valence electrons. The molecule has 0 fully saturated rings. The quantitative estimate of drug-likeness (QED) is 0.651. The lowest BCUT2D eigenvalue weighted by molar-refractivity contribution is -0.139. The molecule has 0 saturated carbocycles. The molecule has 0 amide bonds. The van der Waals surface area contributed by atoms with Crippen molar-refractivity contribution in [3.8, 4) is 0 Å². The van der Waals surface area contributed by atoms with Crippen LogP contribution < -0.4 is 0 Å². The van der Waals surface area contributed by atoms with Crippen molar-refractivity contribution in [3.05, 3.63) is 34.9 Å². The zero-order valence-corrected chi connectivity index (χ0v) is 8.78. The highest BCUT2D eigenvalue weighted by Gasteiger charge is 2.35. The van der Waals surface area contributed by atoms with Crippen LogP contribution in [0.25, 0.3) is 0 Å². The minimum Gasteiger partial charge on any atom is -0.205 e. The fourth-order valence-corrected chi connectivity index (χ4v) is 1.38. The van der Waals surface area contributed by atoms with Crippen LogP contribution >= 0.6 is 0 Å². The molecule has 1 aromatic rings. The lowest BCUT2D eigenvalue weighted by Gasteiger charge is -2.15. The Hall–Kier alpha value is -1.13. The van der Waals surface area contributed by atoms with Gasteiger partial charge in [0.15, 0.2) is 0 Å². The maximum atomic E-state index is 12.5. The predicted octanol–water partition coefficient (Wildman–Crippen LogP) is 4.77. The van der Waals surface area contributed by atoms with Crippen molar-refractivity contribution >= 4 is 0 Å². The third-order valence-corrected chi connectivity index (χ3v) is 2.28. The third kappa shape index (κ3) is 2.71. The van der Waals surface area contributed by atoms with E-state index in [1.54, 1.807) is 13.8 Å². The van der Waals surface area contributed by atoms with E-state index < -0.39 is 23.7 Å². The summed E-state index contributed by atoms with van der Waals surface area (Å²) in [5.74, 6) is -0.0835. The summed E-state index contributed by atoms with van der Waals surface area (Å²) in [5.41, 5.74) is -1.73. The van der Waals surface area contributed by atoms with Crippen LogP contribution in [0.3, 0.4) is 0 Å². The Balaban J connectivity index is 3.31. The largest absolute Gasteiger partial charge is 0.416 e. The van der Waals surface area contributed by atoms with Gasteiger partial charge >= 0.3 is 6.18 Å². The Morgan fingerprint density at radius 3 is 2.00 bits per heavy atom. The van der Waals surface area contributed by atoms with Crippen molar-refractivity contribution in [2.75, 3.05) is 0 Å². The Morgan fingerprint density at radius 2 is 1.62 bits per heavy atom. The minimum atomic E-state index is -4.73. The van der Waals surface area contributed by atoms with Crippen molar-refractivity contribution < 1.29 is 22.0 Å². The van der Waals surface area contributed by atoms with Crippen molar-refractivity contribution in [2.24, 2.45) is 0 Å². The van der Waals surface area contributed by atoms with Gasteiger partial charge in [-0.3, -0.25) is 0 Å². The zero-order valence-electron chi connectivity index (χ0n) is 8.78. The highest BCUT2D eigenvalue weighted by atomic mass is 19.4. The first-order valence-corrected chi connectivity index (χ1v) is 4.72. The second kappa shape index (κ2) is 4.39. The van der Waals surface area contributed by atoms with E-state index in [1.165, 1.54) is 6.07 Å². The molecular weight excluding hydrogens is 227 g/mol. The normalized spacial score (nSPS) is 12.6. The summed E-state index contributed by atoms with van der Waals surface area (Å²) in [5, 5.41) is 0. The van der Waals surface area contributed by atoms with Gasteiger partial charge in [-0.1, -0.05) is 19.9 Å². The monoisotopic (exact) mass is 238 g/mol. The molecule has 0 heterocycles. The number of rotatable bonds is 2. The Labute approximate surface area is 90.1 Å². The molecule has 0 aromatic heterocycles. The Morgan fingerprint density at radius 1 is 1.06 bits per heavy atom. The molecule has 1 rings (SSSR count). The standard InChI is InChI=1S/C11H11F5/c1-6(2)7-3-4-9(11(14,15)16)8(5-7)10(12)13/h3-6,10H,1-2H3. The molecule has 0 aliphatic carbocycles. The summed E-state index contributed by atoms with van der Waals surface area (Å²) in [7, 11) is 0. The molecule has 0 bridgehead atoms. The van der Waals surface area contributed by atoms with Gasteiger partial charge in [-0.05, 0) is 23.6 Å². The first-order valence-electron chi connectivity index (χ1n) is 4.72. The van der Waals surface area contributed by atoms with Gasteiger partial charge in [0.05, 0.1) is 5.56 Å².